The molecule has 10 unspecified atom stereocenters. The molecule has 5 rings (SSSR count). The van der Waals surface area contributed by atoms with Crippen LogP contribution in [0.25, 0.3) is 0 Å². The van der Waals surface area contributed by atoms with E-state index in [-0.39, 0.29) is 45.8 Å². The summed E-state index contributed by atoms with van der Waals surface area (Å²) < 4.78 is 6.05. The lowest BCUT2D eigenvalue weighted by molar-refractivity contribution is -0.175. The number of carbonyl (C=O) groups is 1. The predicted molar refractivity (Wildman–Crippen MR) is 148 cm³/mol. The summed E-state index contributed by atoms with van der Waals surface area (Å²) in [5, 5.41) is 22.1. The molecule has 0 aromatic carbocycles. The van der Waals surface area contributed by atoms with Crippen LogP contribution in [-0.4, -0.2) is 35.0 Å². The van der Waals surface area contributed by atoms with Crippen molar-refractivity contribution < 1.29 is 19.7 Å². The summed E-state index contributed by atoms with van der Waals surface area (Å²) >= 11 is 0. The molecule has 4 fully saturated rings. The molecule has 0 aromatic rings. The number of hydrogen-bond donors (Lipinski definition) is 2. The van der Waals surface area contributed by atoms with Gasteiger partial charge in [-0.2, -0.15) is 0 Å². The van der Waals surface area contributed by atoms with Crippen molar-refractivity contribution in [3.63, 3.8) is 0 Å². The van der Waals surface area contributed by atoms with Crippen molar-refractivity contribution in [2.75, 3.05) is 6.61 Å². The molecule has 0 spiro atoms. The van der Waals surface area contributed by atoms with Crippen LogP contribution in [0.3, 0.4) is 0 Å². The third-order valence-corrected chi connectivity index (χ3v) is 13.0. The fourth-order valence-electron chi connectivity index (χ4n) is 10.3. The van der Waals surface area contributed by atoms with Crippen molar-refractivity contribution >= 4 is 5.97 Å². The second kappa shape index (κ2) is 9.22. The monoisotopic (exact) mass is 512 g/mol. The Balaban J connectivity index is 1.45. The van der Waals surface area contributed by atoms with E-state index in [0.717, 1.165) is 32.1 Å². The van der Waals surface area contributed by atoms with Crippen LogP contribution in [0.15, 0.2) is 23.3 Å². The Bertz CT molecular complexity index is 979. The topological polar surface area (TPSA) is 66.8 Å². The maximum Gasteiger partial charge on any atom is 0.333 e. The van der Waals surface area contributed by atoms with Crippen LogP contribution < -0.4 is 0 Å². The van der Waals surface area contributed by atoms with Crippen molar-refractivity contribution in [3.8, 4) is 0 Å². The van der Waals surface area contributed by atoms with Crippen molar-refractivity contribution in [2.24, 2.45) is 51.2 Å². The molecule has 0 aromatic heterocycles. The first-order chi connectivity index (χ1) is 17.3. The maximum absolute atomic E-state index is 12.7. The molecular formula is C33H52O4. The van der Waals surface area contributed by atoms with Crippen molar-refractivity contribution in [1.29, 1.82) is 0 Å². The van der Waals surface area contributed by atoms with Gasteiger partial charge >= 0.3 is 5.97 Å². The number of ether oxygens (including phenoxy) is 1. The Hall–Kier alpha value is -1.13. The van der Waals surface area contributed by atoms with E-state index in [1.807, 2.05) is 19.9 Å². The van der Waals surface area contributed by atoms with Gasteiger partial charge in [-0.15, -0.1) is 0 Å². The Labute approximate surface area is 225 Å². The van der Waals surface area contributed by atoms with E-state index in [4.69, 9.17) is 4.74 Å². The number of hydrogen-bond acceptors (Lipinski definition) is 4. The van der Waals surface area contributed by atoms with Crippen molar-refractivity contribution in [1.82, 2.24) is 0 Å². The molecule has 0 saturated heterocycles. The molecule has 10 atom stereocenters. The molecule has 2 N–H and O–H groups in total. The summed E-state index contributed by atoms with van der Waals surface area (Å²) in [6, 6.07) is 0. The van der Waals surface area contributed by atoms with Crippen LogP contribution in [0.2, 0.25) is 0 Å². The van der Waals surface area contributed by atoms with Crippen LogP contribution in [0.4, 0.5) is 0 Å². The highest BCUT2D eigenvalue weighted by Crippen LogP contribution is 2.71. The molecule has 0 heterocycles. The number of esters is 1. The van der Waals surface area contributed by atoms with E-state index in [1.54, 1.807) is 5.57 Å². The Morgan fingerprint density at radius 2 is 1.81 bits per heavy atom. The zero-order valence-corrected chi connectivity index (χ0v) is 24.5. The Morgan fingerprint density at radius 1 is 1.08 bits per heavy atom. The second-order valence-corrected chi connectivity index (χ2v) is 15.1. The largest absolute Gasteiger partial charge is 0.458 e. The average Bonchev–Trinajstić information content (AvgIpc) is 2.84. The smallest absolute Gasteiger partial charge is 0.333 e. The van der Waals surface area contributed by atoms with Gasteiger partial charge in [-0.1, -0.05) is 58.8 Å². The van der Waals surface area contributed by atoms with Crippen LogP contribution >= 0.6 is 0 Å². The fraction of sp³-hybridized carbons (Fsp3) is 0.848. The van der Waals surface area contributed by atoms with Crippen LogP contribution in [0, 0.1) is 51.2 Å². The Morgan fingerprint density at radius 3 is 2.49 bits per heavy atom. The van der Waals surface area contributed by atoms with Crippen LogP contribution in [0.5, 0.6) is 0 Å². The van der Waals surface area contributed by atoms with Gasteiger partial charge in [-0.3, -0.25) is 0 Å². The third kappa shape index (κ3) is 4.01. The number of allylic oxidation sites excluding steroid dienone is 3. The SMILES string of the molecule is CC=C(C)C(=O)OC1CC2C(O)CC3(C)C(=CCC4C5CCCC(C)(CO)C5CCC43C)C2CC1(C)C. The van der Waals surface area contributed by atoms with Gasteiger partial charge in [0.05, 0.1) is 6.10 Å². The maximum atomic E-state index is 12.7. The van der Waals surface area contributed by atoms with E-state index >= 15 is 0 Å². The first-order valence-corrected chi connectivity index (χ1v) is 15.1. The van der Waals surface area contributed by atoms with Gasteiger partial charge in [0.25, 0.3) is 0 Å². The molecule has 4 heteroatoms. The van der Waals surface area contributed by atoms with Crippen molar-refractivity contribution in [2.45, 2.75) is 118 Å². The van der Waals surface area contributed by atoms with Crippen LogP contribution in [-0.2, 0) is 9.53 Å². The first-order valence-electron chi connectivity index (χ1n) is 15.1. The molecule has 37 heavy (non-hydrogen) atoms. The fourth-order valence-corrected chi connectivity index (χ4v) is 10.3. The zero-order valence-electron chi connectivity index (χ0n) is 24.5. The number of aliphatic hydroxyl groups is 2. The van der Waals surface area contributed by atoms with Crippen molar-refractivity contribution in [3.05, 3.63) is 23.3 Å². The van der Waals surface area contributed by atoms with Gasteiger partial charge in [-0.25, -0.2) is 4.79 Å². The van der Waals surface area contributed by atoms with Gasteiger partial charge in [0.15, 0.2) is 0 Å². The Kier molecular flexibility index (Phi) is 6.84. The highest BCUT2D eigenvalue weighted by molar-refractivity contribution is 5.87. The number of carbonyl (C=O) groups excluding carboxylic acids is 1. The van der Waals surface area contributed by atoms with Gasteiger partial charge < -0.3 is 14.9 Å². The molecule has 5 aliphatic rings. The van der Waals surface area contributed by atoms with Gasteiger partial charge in [-0.05, 0) is 111 Å². The molecule has 0 amide bonds. The normalized spacial score (nSPS) is 49.1. The van der Waals surface area contributed by atoms with Crippen LogP contribution in [0.1, 0.15) is 106 Å². The lowest BCUT2D eigenvalue weighted by atomic mass is 9.37. The van der Waals surface area contributed by atoms with E-state index in [0.29, 0.717) is 35.9 Å². The lowest BCUT2D eigenvalue weighted by Crippen LogP contribution is -2.62. The standard InChI is InChI=1S/C33H52O4/c1-8-20(2)29(36)37-28-16-22-23(17-30(28,3)4)26-12-11-25-21-10-9-14-31(5,19-34)24(21)13-15-32(25,6)33(26,7)18-27(22)35/h8,12,21-25,27-28,34-35H,9-11,13-19H2,1-7H3. The molecule has 208 valence electrons. The first kappa shape index (κ1) is 27.4. The van der Waals surface area contributed by atoms with E-state index < -0.39 is 0 Å². The van der Waals surface area contributed by atoms with E-state index in [9.17, 15) is 15.0 Å². The summed E-state index contributed by atoms with van der Waals surface area (Å²) in [7, 11) is 0. The molecular weight excluding hydrogens is 460 g/mol. The zero-order chi connectivity index (χ0) is 27.0. The lowest BCUT2D eigenvalue weighted by Gasteiger charge is -2.67. The summed E-state index contributed by atoms with van der Waals surface area (Å²) in [5.74, 6) is 2.21. The number of aliphatic hydroxyl groups excluding tert-OH is 2. The number of rotatable bonds is 3. The highest BCUT2D eigenvalue weighted by Gasteiger charge is 2.65. The third-order valence-electron chi connectivity index (χ3n) is 13.0. The minimum atomic E-state index is -0.366. The highest BCUT2D eigenvalue weighted by atomic mass is 16.5. The minimum absolute atomic E-state index is 0.00430. The van der Waals surface area contributed by atoms with E-state index in [1.165, 1.54) is 25.7 Å². The summed E-state index contributed by atoms with van der Waals surface area (Å²) in [5.41, 5.74) is 2.36. The summed E-state index contributed by atoms with van der Waals surface area (Å²) in [6.07, 6.45) is 13.6. The molecule has 0 bridgehead atoms. The number of fused-ring (bicyclic) bond motifs is 7. The van der Waals surface area contributed by atoms with E-state index in [2.05, 4.69) is 40.7 Å². The molecule has 5 aliphatic carbocycles. The van der Waals surface area contributed by atoms with Gasteiger partial charge in [0, 0.05) is 17.6 Å². The summed E-state index contributed by atoms with van der Waals surface area (Å²) in [4.78, 5) is 12.7. The molecule has 0 aliphatic heterocycles. The molecule has 4 saturated carbocycles. The predicted octanol–water partition coefficient (Wildman–Crippen LogP) is 6.85. The summed E-state index contributed by atoms with van der Waals surface area (Å²) in [6.45, 7) is 15.9. The van der Waals surface area contributed by atoms with Gasteiger partial charge in [0.2, 0.25) is 0 Å². The average molecular weight is 513 g/mol. The molecule has 4 nitrogen and oxygen atoms in total. The van der Waals surface area contributed by atoms with Gasteiger partial charge in [0.1, 0.15) is 6.10 Å². The quantitative estimate of drug-likeness (QED) is 0.247. The second-order valence-electron chi connectivity index (χ2n) is 15.1. The minimum Gasteiger partial charge on any atom is -0.458 e. The molecule has 0 radical (unpaired) electrons.